The molecule has 0 atom stereocenters. The third-order valence-electron chi connectivity index (χ3n) is 5.61. The van der Waals surface area contributed by atoms with Gasteiger partial charge in [0.05, 0.1) is 13.2 Å². The maximum absolute atomic E-state index is 12.9. The van der Waals surface area contributed by atoms with Crippen molar-refractivity contribution in [2.45, 2.75) is 6.92 Å². The molecule has 2 aromatic rings. The van der Waals surface area contributed by atoms with Crippen LogP contribution in [0.4, 0.5) is 5.69 Å². The fourth-order valence-corrected chi connectivity index (χ4v) is 3.88. The lowest BCUT2D eigenvalue weighted by Crippen LogP contribution is -2.48. The minimum absolute atomic E-state index is 0.000863. The van der Waals surface area contributed by atoms with Crippen molar-refractivity contribution < 1.29 is 14.3 Å². The number of benzene rings is 2. The first kappa shape index (κ1) is 19.5. The van der Waals surface area contributed by atoms with Crippen LogP contribution >= 0.6 is 0 Å². The highest BCUT2D eigenvalue weighted by atomic mass is 16.5. The Hall–Kier alpha value is -2.86. The van der Waals surface area contributed by atoms with Gasteiger partial charge in [0.2, 0.25) is 0 Å². The van der Waals surface area contributed by atoms with Gasteiger partial charge < -0.3 is 19.4 Å². The average molecular weight is 393 g/mol. The average Bonchev–Trinajstić information content (AvgIpc) is 2.79. The Labute approximate surface area is 171 Å². The lowest BCUT2D eigenvalue weighted by molar-refractivity contribution is 0.0303. The van der Waals surface area contributed by atoms with E-state index in [2.05, 4.69) is 36.1 Å². The summed E-state index contributed by atoms with van der Waals surface area (Å²) in [4.78, 5) is 31.4. The van der Waals surface area contributed by atoms with Crippen molar-refractivity contribution in [2.24, 2.45) is 0 Å². The van der Waals surface area contributed by atoms with E-state index in [1.54, 1.807) is 29.2 Å². The van der Waals surface area contributed by atoms with Gasteiger partial charge in [-0.05, 0) is 48.9 Å². The van der Waals surface area contributed by atoms with Gasteiger partial charge in [0.25, 0.3) is 11.8 Å². The molecule has 152 valence electrons. The highest BCUT2D eigenvalue weighted by Gasteiger charge is 2.23. The number of aryl methyl sites for hydroxylation is 1. The molecule has 2 saturated heterocycles. The topological polar surface area (TPSA) is 53.1 Å². The summed E-state index contributed by atoms with van der Waals surface area (Å²) in [6, 6.07) is 15.5. The zero-order valence-electron chi connectivity index (χ0n) is 16.8. The molecule has 0 radical (unpaired) electrons. The summed E-state index contributed by atoms with van der Waals surface area (Å²) >= 11 is 0. The van der Waals surface area contributed by atoms with E-state index in [0.717, 1.165) is 13.1 Å². The number of anilines is 1. The van der Waals surface area contributed by atoms with Crippen LogP contribution in [0.15, 0.2) is 48.5 Å². The molecule has 0 bridgehead atoms. The van der Waals surface area contributed by atoms with E-state index in [1.165, 1.54) is 11.3 Å². The number of hydrogen-bond acceptors (Lipinski definition) is 4. The quantitative estimate of drug-likeness (QED) is 0.804. The molecule has 2 fully saturated rings. The summed E-state index contributed by atoms with van der Waals surface area (Å²) in [5, 5.41) is 0. The highest BCUT2D eigenvalue weighted by Crippen LogP contribution is 2.19. The summed E-state index contributed by atoms with van der Waals surface area (Å²) in [7, 11) is 0. The van der Waals surface area contributed by atoms with Crippen molar-refractivity contribution in [3.63, 3.8) is 0 Å². The highest BCUT2D eigenvalue weighted by molar-refractivity contribution is 5.98. The fraction of sp³-hybridized carbons (Fsp3) is 0.391. The van der Waals surface area contributed by atoms with E-state index < -0.39 is 0 Å². The van der Waals surface area contributed by atoms with E-state index in [9.17, 15) is 9.59 Å². The van der Waals surface area contributed by atoms with Crippen LogP contribution in [0.5, 0.6) is 0 Å². The van der Waals surface area contributed by atoms with E-state index in [4.69, 9.17) is 4.74 Å². The Morgan fingerprint density at radius 1 is 0.759 bits per heavy atom. The van der Waals surface area contributed by atoms with Gasteiger partial charge in [-0.25, -0.2) is 0 Å². The van der Waals surface area contributed by atoms with Gasteiger partial charge >= 0.3 is 0 Å². The molecule has 0 aliphatic carbocycles. The van der Waals surface area contributed by atoms with Crippen molar-refractivity contribution in [1.29, 1.82) is 0 Å². The molecule has 0 saturated carbocycles. The third kappa shape index (κ3) is 4.43. The van der Waals surface area contributed by atoms with E-state index >= 15 is 0 Å². The molecule has 6 nitrogen and oxygen atoms in total. The first-order valence-electron chi connectivity index (χ1n) is 10.2. The number of morpholine rings is 1. The number of rotatable bonds is 3. The normalized spacial score (nSPS) is 17.3. The van der Waals surface area contributed by atoms with Crippen LogP contribution in [-0.2, 0) is 4.74 Å². The molecule has 0 N–H and O–H groups in total. The predicted molar refractivity (Wildman–Crippen MR) is 112 cm³/mol. The molecule has 2 heterocycles. The van der Waals surface area contributed by atoms with Gasteiger partial charge in [-0.2, -0.15) is 0 Å². The molecule has 6 heteroatoms. The van der Waals surface area contributed by atoms with Crippen LogP contribution < -0.4 is 4.90 Å². The molecule has 2 aromatic carbocycles. The first-order valence-corrected chi connectivity index (χ1v) is 10.2. The second-order valence-corrected chi connectivity index (χ2v) is 7.60. The van der Waals surface area contributed by atoms with Crippen molar-refractivity contribution >= 4 is 17.5 Å². The van der Waals surface area contributed by atoms with Gasteiger partial charge in [-0.15, -0.1) is 0 Å². The second kappa shape index (κ2) is 8.66. The van der Waals surface area contributed by atoms with E-state index in [1.807, 2.05) is 4.90 Å². The van der Waals surface area contributed by atoms with Gasteiger partial charge in [0, 0.05) is 56.1 Å². The molecule has 0 spiro atoms. The summed E-state index contributed by atoms with van der Waals surface area (Å²) in [5.41, 5.74) is 3.70. The van der Waals surface area contributed by atoms with Crippen LogP contribution in [0.2, 0.25) is 0 Å². The molecule has 29 heavy (non-hydrogen) atoms. The van der Waals surface area contributed by atoms with Crippen LogP contribution in [0, 0.1) is 6.92 Å². The number of carbonyl (C=O) groups is 2. The third-order valence-corrected chi connectivity index (χ3v) is 5.61. The van der Waals surface area contributed by atoms with E-state index in [0.29, 0.717) is 50.5 Å². The first-order chi connectivity index (χ1) is 14.1. The summed E-state index contributed by atoms with van der Waals surface area (Å²) < 4.78 is 5.30. The largest absolute Gasteiger partial charge is 0.378 e. The SMILES string of the molecule is Cc1cccc(N2CCN(C(=O)c3ccc(C(=O)N4CCOCC4)cc3)CC2)c1. The second-order valence-electron chi connectivity index (χ2n) is 7.60. The van der Waals surface area contributed by atoms with Gasteiger partial charge in [-0.3, -0.25) is 9.59 Å². The van der Waals surface area contributed by atoms with Crippen molar-refractivity contribution in [2.75, 3.05) is 57.4 Å². The van der Waals surface area contributed by atoms with Crippen molar-refractivity contribution in [3.05, 3.63) is 65.2 Å². The zero-order chi connectivity index (χ0) is 20.2. The maximum atomic E-state index is 12.9. The zero-order valence-corrected chi connectivity index (χ0v) is 16.8. The Morgan fingerprint density at radius 2 is 1.31 bits per heavy atom. The standard InChI is InChI=1S/C23H27N3O3/c1-18-3-2-4-21(17-18)24-9-11-25(12-10-24)22(27)19-5-7-20(8-6-19)23(28)26-13-15-29-16-14-26/h2-8,17H,9-16H2,1H3. The number of nitrogens with zero attached hydrogens (tertiary/aromatic N) is 3. The molecular formula is C23H27N3O3. The molecule has 2 aliphatic heterocycles. The van der Waals surface area contributed by atoms with Gasteiger partial charge in [0.1, 0.15) is 0 Å². The Bertz CT molecular complexity index is 867. The Kier molecular flexibility index (Phi) is 5.81. The summed E-state index contributed by atoms with van der Waals surface area (Å²) in [6.07, 6.45) is 0. The van der Waals surface area contributed by atoms with Crippen LogP contribution in [-0.4, -0.2) is 74.1 Å². The predicted octanol–water partition coefficient (Wildman–Crippen LogP) is 2.43. The summed E-state index contributed by atoms with van der Waals surface area (Å²) in [5.74, 6) is 0.0262. The monoisotopic (exact) mass is 393 g/mol. The maximum Gasteiger partial charge on any atom is 0.254 e. The number of piperazine rings is 1. The number of ether oxygens (including phenoxy) is 1. The minimum Gasteiger partial charge on any atom is -0.378 e. The molecule has 2 amide bonds. The molecule has 2 aliphatic rings. The molecular weight excluding hydrogens is 366 g/mol. The minimum atomic E-state index is -0.000863. The lowest BCUT2D eigenvalue weighted by atomic mass is 10.1. The Balaban J connectivity index is 1.35. The number of carbonyl (C=O) groups excluding carboxylic acids is 2. The molecule has 0 unspecified atom stereocenters. The molecule has 0 aromatic heterocycles. The van der Waals surface area contributed by atoms with E-state index in [-0.39, 0.29) is 11.8 Å². The van der Waals surface area contributed by atoms with Gasteiger partial charge in [-0.1, -0.05) is 12.1 Å². The van der Waals surface area contributed by atoms with Crippen LogP contribution in [0.1, 0.15) is 26.3 Å². The Morgan fingerprint density at radius 3 is 1.86 bits per heavy atom. The van der Waals surface area contributed by atoms with Crippen molar-refractivity contribution in [3.8, 4) is 0 Å². The van der Waals surface area contributed by atoms with Gasteiger partial charge in [0.15, 0.2) is 0 Å². The number of hydrogen-bond donors (Lipinski definition) is 0. The van der Waals surface area contributed by atoms with Crippen LogP contribution in [0.25, 0.3) is 0 Å². The smallest absolute Gasteiger partial charge is 0.254 e. The van der Waals surface area contributed by atoms with Crippen molar-refractivity contribution in [1.82, 2.24) is 9.80 Å². The summed E-state index contributed by atoms with van der Waals surface area (Å²) in [6.45, 7) is 7.52. The lowest BCUT2D eigenvalue weighted by Gasteiger charge is -2.36. The fourth-order valence-electron chi connectivity index (χ4n) is 3.88. The molecule has 4 rings (SSSR count). The van der Waals surface area contributed by atoms with Crippen LogP contribution in [0.3, 0.4) is 0 Å². The number of amides is 2.